The topological polar surface area (TPSA) is 88.9 Å². The number of anilines is 2. The third kappa shape index (κ3) is 2.23. The molecule has 5 nitrogen and oxygen atoms in total. The standard InChI is InChI=1S/C19H11Cl2N5/c20-10-5-6-11(14(21)7-10)17-12(8-22)18(24)26-16-4-2-1-3-15(16)25-19(26)13(17)9-23/h1-7,17,25H,24H2/t17-/m1/s1. The van der Waals surface area contributed by atoms with Crippen LogP contribution in [0.5, 0.6) is 0 Å². The van der Waals surface area contributed by atoms with E-state index >= 15 is 0 Å². The summed E-state index contributed by atoms with van der Waals surface area (Å²) in [5.41, 5.74) is 9.21. The normalized spacial score (nSPS) is 18.0. The van der Waals surface area contributed by atoms with Crippen molar-refractivity contribution in [1.29, 1.82) is 10.5 Å². The van der Waals surface area contributed by atoms with Gasteiger partial charge in [0.05, 0.1) is 40.6 Å². The van der Waals surface area contributed by atoms with Gasteiger partial charge in [0.15, 0.2) is 0 Å². The molecule has 126 valence electrons. The van der Waals surface area contributed by atoms with Gasteiger partial charge < -0.3 is 11.1 Å². The number of halogens is 2. The van der Waals surface area contributed by atoms with E-state index in [0.717, 1.165) is 11.4 Å². The lowest BCUT2D eigenvalue weighted by Gasteiger charge is -2.31. The molecular formula is C19H11Cl2N5. The van der Waals surface area contributed by atoms with E-state index < -0.39 is 5.92 Å². The molecule has 0 aromatic heterocycles. The van der Waals surface area contributed by atoms with Crippen LogP contribution in [0.3, 0.4) is 0 Å². The van der Waals surface area contributed by atoms with Gasteiger partial charge in [0, 0.05) is 10.0 Å². The van der Waals surface area contributed by atoms with Crippen LogP contribution in [-0.4, -0.2) is 0 Å². The molecule has 0 fully saturated rings. The Labute approximate surface area is 160 Å². The summed E-state index contributed by atoms with van der Waals surface area (Å²) in [4.78, 5) is 1.70. The van der Waals surface area contributed by atoms with Crippen molar-refractivity contribution in [3.8, 4) is 12.1 Å². The van der Waals surface area contributed by atoms with Crippen LogP contribution < -0.4 is 16.0 Å². The molecule has 0 spiro atoms. The lowest BCUT2D eigenvalue weighted by atomic mass is 9.83. The van der Waals surface area contributed by atoms with E-state index in [4.69, 9.17) is 28.9 Å². The van der Waals surface area contributed by atoms with Crippen LogP contribution in [0.25, 0.3) is 0 Å². The summed E-state index contributed by atoms with van der Waals surface area (Å²) >= 11 is 12.4. The number of para-hydroxylation sites is 2. The number of benzene rings is 2. The number of nitrogens with two attached hydrogens (primary N) is 1. The molecule has 1 atom stereocenters. The Morgan fingerprint density at radius 1 is 1.04 bits per heavy atom. The molecule has 4 rings (SSSR count). The SMILES string of the molecule is N#CC1=C(N)N2C(=C(C#N)[C@@H]1c1ccc(Cl)cc1Cl)Nc1ccccc12. The lowest BCUT2D eigenvalue weighted by molar-refractivity contribution is 0.869. The zero-order valence-electron chi connectivity index (χ0n) is 13.3. The Morgan fingerprint density at radius 3 is 2.46 bits per heavy atom. The van der Waals surface area contributed by atoms with Crippen molar-refractivity contribution >= 4 is 34.6 Å². The Hall–Kier alpha value is -3.12. The van der Waals surface area contributed by atoms with Gasteiger partial charge in [0.25, 0.3) is 0 Å². The monoisotopic (exact) mass is 379 g/mol. The first-order valence-corrected chi connectivity index (χ1v) is 8.47. The van der Waals surface area contributed by atoms with Gasteiger partial charge >= 0.3 is 0 Å². The van der Waals surface area contributed by atoms with E-state index in [2.05, 4.69) is 17.5 Å². The molecular weight excluding hydrogens is 369 g/mol. The van der Waals surface area contributed by atoms with E-state index in [1.807, 2.05) is 24.3 Å². The molecule has 2 aliphatic rings. The number of allylic oxidation sites excluding steroid dienone is 2. The van der Waals surface area contributed by atoms with Crippen molar-refractivity contribution in [1.82, 2.24) is 0 Å². The maximum absolute atomic E-state index is 9.88. The fourth-order valence-electron chi connectivity index (χ4n) is 3.35. The van der Waals surface area contributed by atoms with Gasteiger partial charge in [-0.3, -0.25) is 4.90 Å². The van der Waals surface area contributed by atoms with E-state index in [1.165, 1.54) is 0 Å². The van der Waals surface area contributed by atoms with Crippen LogP contribution in [0.15, 0.2) is 65.3 Å². The molecule has 0 amide bonds. The van der Waals surface area contributed by atoms with Gasteiger partial charge in [-0.2, -0.15) is 10.5 Å². The second-order valence-electron chi connectivity index (χ2n) is 5.86. The molecule has 0 saturated heterocycles. The van der Waals surface area contributed by atoms with Crippen molar-refractivity contribution in [2.45, 2.75) is 5.92 Å². The minimum atomic E-state index is -0.664. The highest BCUT2D eigenvalue weighted by Crippen LogP contribution is 2.48. The van der Waals surface area contributed by atoms with E-state index in [-0.39, 0.29) is 11.4 Å². The minimum absolute atomic E-state index is 0.271. The zero-order chi connectivity index (χ0) is 18.4. The highest BCUT2D eigenvalue weighted by Gasteiger charge is 2.40. The van der Waals surface area contributed by atoms with Crippen LogP contribution in [-0.2, 0) is 0 Å². The molecule has 0 radical (unpaired) electrons. The van der Waals surface area contributed by atoms with E-state index in [0.29, 0.717) is 27.0 Å². The number of nitrogens with one attached hydrogen (secondary N) is 1. The predicted octanol–water partition coefficient (Wildman–Crippen LogP) is 4.45. The van der Waals surface area contributed by atoms with Crippen LogP contribution in [0, 0.1) is 22.7 Å². The lowest BCUT2D eigenvalue weighted by Crippen LogP contribution is -2.34. The number of hydrogen-bond acceptors (Lipinski definition) is 5. The first kappa shape index (κ1) is 16.4. The van der Waals surface area contributed by atoms with Gasteiger partial charge in [-0.1, -0.05) is 41.4 Å². The summed E-state index contributed by atoms with van der Waals surface area (Å²) < 4.78 is 0. The molecule has 0 saturated carbocycles. The maximum Gasteiger partial charge on any atom is 0.131 e. The fraction of sp³-hybridized carbons (Fsp3) is 0.0526. The minimum Gasteiger partial charge on any atom is -0.384 e. The van der Waals surface area contributed by atoms with Crippen molar-refractivity contribution in [2.24, 2.45) is 5.73 Å². The summed E-state index contributed by atoms with van der Waals surface area (Å²) in [5.74, 6) is 0.152. The van der Waals surface area contributed by atoms with Crippen LogP contribution in [0.1, 0.15) is 11.5 Å². The Morgan fingerprint density at radius 2 is 1.77 bits per heavy atom. The summed E-state index contributed by atoms with van der Waals surface area (Å²) in [7, 11) is 0. The largest absolute Gasteiger partial charge is 0.384 e. The third-order valence-electron chi connectivity index (χ3n) is 4.49. The molecule has 2 aliphatic heterocycles. The van der Waals surface area contributed by atoms with Gasteiger partial charge in [-0.05, 0) is 29.8 Å². The molecule has 0 bridgehead atoms. The third-order valence-corrected chi connectivity index (χ3v) is 5.05. The van der Waals surface area contributed by atoms with E-state index in [1.54, 1.807) is 23.1 Å². The van der Waals surface area contributed by atoms with E-state index in [9.17, 15) is 10.5 Å². The van der Waals surface area contributed by atoms with Crippen molar-refractivity contribution in [2.75, 3.05) is 10.2 Å². The van der Waals surface area contributed by atoms with Gasteiger partial charge in [0.1, 0.15) is 11.6 Å². The van der Waals surface area contributed by atoms with Crippen LogP contribution in [0.4, 0.5) is 11.4 Å². The zero-order valence-corrected chi connectivity index (χ0v) is 14.8. The molecule has 26 heavy (non-hydrogen) atoms. The highest BCUT2D eigenvalue weighted by molar-refractivity contribution is 6.35. The number of hydrogen-bond donors (Lipinski definition) is 2. The molecule has 3 N–H and O–H groups in total. The van der Waals surface area contributed by atoms with Crippen molar-refractivity contribution < 1.29 is 0 Å². The average molecular weight is 380 g/mol. The quantitative estimate of drug-likeness (QED) is 0.763. The second kappa shape index (κ2) is 6.00. The fourth-order valence-corrected chi connectivity index (χ4v) is 3.87. The predicted molar refractivity (Wildman–Crippen MR) is 101 cm³/mol. The maximum atomic E-state index is 9.88. The van der Waals surface area contributed by atoms with Crippen LogP contribution >= 0.6 is 23.2 Å². The Bertz CT molecular complexity index is 1090. The number of nitriles is 2. The second-order valence-corrected chi connectivity index (χ2v) is 6.70. The number of fused-ring (bicyclic) bond motifs is 3. The molecule has 0 unspecified atom stereocenters. The van der Waals surface area contributed by atoms with Crippen LogP contribution in [0.2, 0.25) is 10.0 Å². The van der Waals surface area contributed by atoms with Gasteiger partial charge in [0.2, 0.25) is 0 Å². The summed E-state index contributed by atoms with van der Waals surface area (Å²) in [6.45, 7) is 0. The molecule has 2 heterocycles. The Balaban J connectivity index is 1.99. The summed E-state index contributed by atoms with van der Waals surface area (Å²) in [6.07, 6.45) is 0. The molecule has 0 aliphatic carbocycles. The molecule has 7 heteroatoms. The summed E-state index contributed by atoms with van der Waals surface area (Å²) in [5, 5.41) is 23.7. The average Bonchev–Trinajstić information content (AvgIpc) is 3.01. The van der Waals surface area contributed by atoms with Gasteiger partial charge in [-0.25, -0.2) is 0 Å². The van der Waals surface area contributed by atoms with Crippen molar-refractivity contribution in [3.05, 3.63) is 80.9 Å². The first-order chi connectivity index (χ1) is 12.6. The number of nitrogens with zero attached hydrogens (tertiary/aromatic N) is 3. The van der Waals surface area contributed by atoms with Gasteiger partial charge in [-0.15, -0.1) is 0 Å². The molecule has 2 aromatic rings. The smallest absolute Gasteiger partial charge is 0.131 e. The molecule has 2 aromatic carbocycles. The number of rotatable bonds is 1. The Kier molecular flexibility index (Phi) is 3.77. The van der Waals surface area contributed by atoms with Crippen molar-refractivity contribution in [3.63, 3.8) is 0 Å². The first-order valence-electron chi connectivity index (χ1n) is 7.72. The summed E-state index contributed by atoms with van der Waals surface area (Å²) in [6, 6.07) is 16.9. The highest BCUT2D eigenvalue weighted by atomic mass is 35.5.